The average Bonchev–Trinajstić information content (AvgIpc) is 3.09. The number of ether oxygens (including phenoxy) is 1. The van der Waals surface area contributed by atoms with Crippen molar-refractivity contribution in [2.24, 2.45) is 0 Å². The predicted octanol–water partition coefficient (Wildman–Crippen LogP) is 4.11. The van der Waals surface area contributed by atoms with Crippen LogP contribution in [0.25, 0.3) is 0 Å². The lowest BCUT2D eigenvalue weighted by Crippen LogP contribution is -2.49. The first-order valence-corrected chi connectivity index (χ1v) is 12.2. The largest absolute Gasteiger partial charge is 0.497 e. The molecular formula is C25H20FIN4O4S. The van der Waals surface area contributed by atoms with Crippen LogP contribution in [0, 0.1) is 9.39 Å². The summed E-state index contributed by atoms with van der Waals surface area (Å²) in [4.78, 5) is 40.4. The summed E-state index contributed by atoms with van der Waals surface area (Å²) in [6.45, 7) is 0. The number of benzene rings is 3. The molecule has 11 heteroatoms. The van der Waals surface area contributed by atoms with Crippen LogP contribution >= 0.6 is 34.8 Å². The molecule has 4 rings (SSSR count). The minimum Gasteiger partial charge on any atom is -0.497 e. The lowest BCUT2D eigenvalue weighted by atomic mass is 10.1. The Balaban J connectivity index is 1.60. The molecule has 1 saturated heterocycles. The molecule has 8 nitrogen and oxygen atoms in total. The minimum atomic E-state index is -1.12. The van der Waals surface area contributed by atoms with E-state index in [9.17, 15) is 18.8 Å². The Morgan fingerprint density at radius 2 is 1.78 bits per heavy atom. The molecule has 36 heavy (non-hydrogen) atoms. The molecule has 184 valence electrons. The maximum Gasteiger partial charge on any atom is 0.269 e. The molecule has 0 bridgehead atoms. The van der Waals surface area contributed by atoms with Gasteiger partial charge in [-0.1, -0.05) is 6.07 Å². The number of hydrazine groups is 1. The van der Waals surface area contributed by atoms with Crippen molar-refractivity contribution in [1.29, 1.82) is 0 Å². The molecule has 1 aliphatic rings. The van der Waals surface area contributed by atoms with E-state index in [1.54, 1.807) is 36.4 Å². The van der Waals surface area contributed by atoms with Crippen molar-refractivity contribution in [3.05, 3.63) is 87.7 Å². The number of carbonyl (C=O) groups excluding carboxylic acids is 3. The van der Waals surface area contributed by atoms with Crippen molar-refractivity contribution < 1.29 is 23.5 Å². The Morgan fingerprint density at radius 3 is 2.42 bits per heavy atom. The molecule has 1 heterocycles. The van der Waals surface area contributed by atoms with Crippen molar-refractivity contribution in [3.8, 4) is 5.75 Å². The zero-order valence-corrected chi connectivity index (χ0v) is 21.9. The van der Waals surface area contributed by atoms with Gasteiger partial charge in [-0.3, -0.25) is 24.7 Å². The average molecular weight is 618 g/mol. The van der Waals surface area contributed by atoms with Gasteiger partial charge in [-0.15, -0.1) is 0 Å². The number of nitrogens with one attached hydrogen (secondary N) is 2. The molecule has 1 atom stereocenters. The van der Waals surface area contributed by atoms with Gasteiger partial charge in [0.25, 0.3) is 11.8 Å². The lowest BCUT2D eigenvalue weighted by molar-refractivity contribution is -0.124. The van der Waals surface area contributed by atoms with Gasteiger partial charge in [-0.2, -0.15) is 0 Å². The van der Waals surface area contributed by atoms with E-state index in [4.69, 9.17) is 17.0 Å². The van der Waals surface area contributed by atoms with Gasteiger partial charge in [0.05, 0.1) is 19.2 Å². The van der Waals surface area contributed by atoms with E-state index in [0.29, 0.717) is 17.1 Å². The number of halogens is 2. The number of carbonyl (C=O) groups is 3. The Bertz CT molecular complexity index is 1320. The second-order valence-electron chi connectivity index (χ2n) is 7.75. The third-order valence-corrected chi connectivity index (χ3v) is 6.46. The van der Waals surface area contributed by atoms with Gasteiger partial charge in [0.2, 0.25) is 11.0 Å². The number of methoxy groups -OCH3 is 1. The molecule has 3 aromatic carbocycles. The van der Waals surface area contributed by atoms with Crippen molar-refractivity contribution in [3.63, 3.8) is 0 Å². The van der Waals surface area contributed by atoms with Crippen LogP contribution in [0.4, 0.5) is 15.8 Å². The number of nitrogens with zero attached hydrogens (tertiary/aromatic N) is 2. The SMILES string of the molecule is COc1ccc(N2C(=O)C(CC(=O)Nc3ccc(I)cc3)N(NC(=O)c3cccc(F)c3)C2=S)cc1. The summed E-state index contributed by atoms with van der Waals surface area (Å²) >= 11 is 7.68. The van der Waals surface area contributed by atoms with E-state index < -0.39 is 29.6 Å². The van der Waals surface area contributed by atoms with Gasteiger partial charge >= 0.3 is 0 Å². The molecule has 0 aromatic heterocycles. The summed E-state index contributed by atoms with van der Waals surface area (Å²) in [6, 6.07) is 17.8. The fraction of sp³-hybridized carbons (Fsp3) is 0.120. The van der Waals surface area contributed by atoms with E-state index >= 15 is 0 Å². The molecule has 3 aromatic rings. The maximum atomic E-state index is 13.7. The summed E-state index contributed by atoms with van der Waals surface area (Å²) < 4.78 is 19.8. The highest BCUT2D eigenvalue weighted by Crippen LogP contribution is 2.28. The summed E-state index contributed by atoms with van der Waals surface area (Å²) in [5.74, 6) is -1.62. The second-order valence-corrected chi connectivity index (χ2v) is 9.36. The van der Waals surface area contributed by atoms with Gasteiger partial charge in [0.1, 0.15) is 17.6 Å². The zero-order chi connectivity index (χ0) is 25.8. The summed E-state index contributed by atoms with van der Waals surface area (Å²) in [6.07, 6.45) is -0.291. The van der Waals surface area contributed by atoms with Crippen LogP contribution in [0.1, 0.15) is 16.8 Å². The number of rotatable bonds is 7. The van der Waals surface area contributed by atoms with Crippen LogP contribution in [0.2, 0.25) is 0 Å². The van der Waals surface area contributed by atoms with Gasteiger partial charge in [0, 0.05) is 14.8 Å². The first kappa shape index (κ1) is 25.5. The molecule has 0 aliphatic carbocycles. The smallest absolute Gasteiger partial charge is 0.269 e. The topological polar surface area (TPSA) is 91.0 Å². The van der Waals surface area contributed by atoms with Crippen LogP contribution in [0.3, 0.4) is 0 Å². The lowest BCUT2D eigenvalue weighted by Gasteiger charge is -2.24. The number of amides is 3. The molecule has 2 N–H and O–H groups in total. The quantitative estimate of drug-likeness (QED) is 0.306. The Hall–Kier alpha value is -3.58. The van der Waals surface area contributed by atoms with Crippen molar-refractivity contribution in [1.82, 2.24) is 10.4 Å². The van der Waals surface area contributed by atoms with Gasteiger partial charge in [0.15, 0.2) is 0 Å². The van der Waals surface area contributed by atoms with Crippen LogP contribution in [-0.4, -0.2) is 41.0 Å². The van der Waals surface area contributed by atoms with Crippen LogP contribution in [0.15, 0.2) is 72.8 Å². The number of hydrogen-bond acceptors (Lipinski definition) is 5. The molecular weight excluding hydrogens is 598 g/mol. The molecule has 1 unspecified atom stereocenters. The third kappa shape index (κ3) is 5.62. The fourth-order valence-corrected chi connectivity index (χ4v) is 4.32. The fourth-order valence-electron chi connectivity index (χ4n) is 3.59. The highest BCUT2D eigenvalue weighted by molar-refractivity contribution is 14.1. The Labute approximate surface area is 225 Å². The standard InChI is InChI=1S/C25H20FIN4O4S/c1-35-20-11-9-19(10-12-20)30-24(34)21(14-22(32)28-18-7-5-17(27)6-8-18)31(25(30)36)29-23(33)15-3-2-4-16(26)13-15/h2-13,21H,14H2,1H3,(H,28,32)(H,29,33). The van der Waals surface area contributed by atoms with Crippen LogP contribution in [-0.2, 0) is 9.59 Å². The Morgan fingerprint density at radius 1 is 1.08 bits per heavy atom. The predicted molar refractivity (Wildman–Crippen MR) is 145 cm³/mol. The van der Waals surface area contributed by atoms with Crippen molar-refractivity contribution >= 4 is 69.0 Å². The maximum absolute atomic E-state index is 13.7. The van der Waals surface area contributed by atoms with Gasteiger partial charge in [-0.25, -0.2) is 9.40 Å². The normalized spacial score (nSPS) is 15.1. The Kier molecular flexibility index (Phi) is 7.79. The molecule has 0 spiro atoms. The molecule has 1 aliphatic heterocycles. The molecule has 0 saturated carbocycles. The van der Waals surface area contributed by atoms with Crippen molar-refractivity contribution in [2.45, 2.75) is 12.5 Å². The second kappa shape index (κ2) is 11.0. The summed E-state index contributed by atoms with van der Waals surface area (Å²) in [5, 5.41) is 3.90. The summed E-state index contributed by atoms with van der Waals surface area (Å²) in [5.41, 5.74) is 3.61. The van der Waals surface area contributed by atoms with E-state index in [0.717, 1.165) is 9.64 Å². The number of hydrogen-bond donors (Lipinski definition) is 2. The highest BCUT2D eigenvalue weighted by Gasteiger charge is 2.45. The van der Waals surface area contributed by atoms with E-state index in [1.807, 2.05) is 12.1 Å². The van der Waals surface area contributed by atoms with Crippen molar-refractivity contribution in [2.75, 3.05) is 17.3 Å². The monoisotopic (exact) mass is 618 g/mol. The first-order valence-electron chi connectivity index (χ1n) is 10.7. The highest BCUT2D eigenvalue weighted by atomic mass is 127. The molecule has 1 fully saturated rings. The minimum absolute atomic E-state index is 0.0259. The number of thiocarbonyl (C=S) groups is 1. The molecule has 0 radical (unpaired) electrons. The first-order chi connectivity index (χ1) is 17.3. The summed E-state index contributed by atoms with van der Waals surface area (Å²) in [7, 11) is 1.52. The number of anilines is 2. The van der Waals surface area contributed by atoms with E-state index in [1.165, 1.54) is 35.2 Å². The van der Waals surface area contributed by atoms with Gasteiger partial charge in [-0.05, 0) is 102 Å². The van der Waals surface area contributed by atoms with Gasteiger partial charge < -0.3 is 10.1 Å². The van der Waals surface area contributed by atoms with E-state index in [2.05, 4.69) is 33.3 Å². The van der Waals surface area contributed by atoms with E-state index in [-0.39, 0.29) is 17.1 Å². The van der Waals surface area contributed by atoms with Crippen LogP contribution < -0.4 is 20.4 Å². The van der Waals surface area contributed by atoms with Crippen LogP contribution in [0.5, 0.6) is 5.75 Å². The zero-order valence-electron chi connectivity index (χ0n) is 18.9. The third-order valence-electron chi connectivity index (χ3n) is 5.36. The molecule has 3 amide bonds.